The van der Waals surface area contributed by atoms with Crippen LogP contribution in [0.1, 0.15) is 42.6 Å². The number of hydrogen-bond donors (Lipinski definition) is 2. The van der Waals surface area contributed by atoms with Gasteiger partial charge < -0.3 is 9.84 Å². The molecule has 7 heteroatoms. The second kappa shape index (κ2) is 9.99. The Bertz CT molecular complexity index is 1240. The third-order valence-corrected chi connectivity index (χ3v) is 7.95. The standard InChI is InChI=1S/C27H30N2O4S/c1-27(2)25(23-15-9-14-22(18-23)20-10-5-3-6-11-20)34(31,32)29-26(33-27)28-19-24(16-17-30)21-12-7-4-8-13-21/h3-15,18,24-25,30H,16-17,19H2,1-2H3,(H,28,29). The van der Waals surface area contributed by atoms with Gasteiger partial charge in [-0.05, 0) is 48.6 Å². The lowest BCUT2D eigenvalue weighted by Gasteiger charge is -2.39. The predicted molar refractivity (Wildman–Crippen MR) is 135 cm³/mol. The lowest BCUT2D eigenvalue weighted by atomic mass is 9.94. The number of ether oxygens (including phenoxy) is 1. The molecule has 0 saturated carbocycles. The monoisotopic (exact) mass is 478 g/mol. The summed E-state index contributed by atoms with van der Waals surface area (Å²) in [7, 11) is -3.81. The molecule has 178 valence electrons. The molecule has 0 amide bonds. The first-order chi connectivity index (χ1) is 16.3. The highest BCUT2D eigenvalue weighted by Gasteiger charge is 2.48. The molecule has 0 aromatic heterocycles. The second-order valence-electron chi connectivity index (χ2n) is 8.99. The number of sulfonamides is 1. The number of aliphatic hydroxyl groups is 1. The highest BCUT2D eigenvalue weighted by Crippen LogP contribution is 2.39. The smallest absolute Gasteiger partial charge is 0.299 e. The van der Waals surface area contributed by atoms with Gasteiger partial charge in [0.15, 0.2) is 0 Å². The summed E-state index contributed by atoms with van der Waals surface area (Å²) in [6.45, 7) is 3.85. The van der Waals surface area contributed by atoms with Gasteiger partial charge in [0.05, 0.1) is 6.54 Å². The van der Waals surface area contributed by atoms with Crippen LogP contribution in [0.5, 0.6) is 0 Å². The molecule has 1 heterocycles. The third kappa shape index (κ3) is 5.32. The summed E-state index contributed by atoms with van der Waals surface area (Å²) in [6, 6.07) is 27.1. The third-order valence-electron chi connectivity index (χ3n) is 6.03. The first-order valence-electron chi connectivity index (χ1n) is 11.4. The van der Waals surface area contributed by atoms with Crippen LogP contribution in [0.25, 0.3) is 11.1 Å². The molecule has 1 aliphatic rings. The maximum atomic E-state index is 13.4. The molecule has 3 aromatic rings. The Morgan fingerprint density at radius 3 is 2.26 bits per heavy atom. The first kappa shape index (κ1) is 24.0. The number of nitrogens with one attached hydrogen (secondary N) is 1. The summed E-state index contributed by atoms with van der Waals surface area (Å²) >= 11 is 0. The molecular weight excluding hydrogens is 448 g/mol. The van der Waals surface area contributed by atoms with Gasteiger partial charge >= 0.3 is 0 Å². The number of aliphatic hydroxyl groups excluding tert-OH is 1. The van der Waals surface area contributed by atoms with Crippen molar-refractivity contribution in [2.45, 2.75) is 37.0 Å². The van der Waals surface area contributed by atoms with Crippen molar-refractivity contribution in [2.24, 2.45) is 4.99 Å². The van der Waals surface area contributed by atoms with E-state index in [1.807, 2.05) is 84.9 Å². The van der Waals surface area contributed by atoms with Gasteiger partial charge in [0.2, 0.25) is 10.0 Å². The predicted octanol–water partition coefficient (Wildman–Crippen LogP) is 4.65. The topological polar surface area (TPSA) is 88.0 Å². The van der Waals surface area contributed by atoms with Gasteiger partial charge in [-0.1, -0.05) is 78.9 Å². The van der Waals surface area contributed by atoms with Crippen LogP contribution >= 0.6 is 0 Å². The minimum absolute atomic E-state index is 0.0145. The van der Waals surface area contributed by atoms with Crippen LogP contribution in [0.15, 0.2) is 89.9 Å². The van der Waals surface area contributed by atoms with Crippen molar-refractivity contribution < 1.29 is 18.3 Å². The van der Waals surface area contributed by atoms with Crippen molar-refractivity contribution in [3.63, 3.8) is 0 Å². The Kier molecular flexibility index (Phi) is 7.05. The largest absolute Gasteiger partial charge is 0.457 e. The first-order valence-corrected chi connectivity index (χ1v) is 12.9. The number of benzene rings is 3. The van der Waals surface area contributed by atoms with Crippen molar-refractivity contribution in [3.05, 3.63) is 96.1 Å². The molecule has 3 aromatic carbocycles. The lowest BCUT2D eigenvalue weighted by molar-refractivity contribution is 0.0765. The van der Waals surface area contributed by atoms with Crippen LogP contribution in [0, 0.1) is 0 Å². The van der Waals surface area contributed by atoms with Crippen LogP contribution < -0.4 is 4.72 Å². The van der Waals surface area contributed by atoms with Crippen LogP contribution in [0.3, 0.4) is 0 Å². The summed E-state index contributed by atoms with van der Waals surface area (Å²) in [4.78, 5) is 4.46. The molecule has 34 heavy (non-hydrogen) atoms. The van der Waals surface area contributed by atoms with Crippen LogP contribution in [0.2, 0.25) is 0 Å². The molecule has 0 spiro atoms. The number of aliphatic imine (C=N–C) groups is 1. The molecule has 1 fully saturated rings. The van der Waals surface area contributed by atoms with Gasteiger partial charge in [0.1, 0.15) is 10.9 Å². The van der Waals surface area contributed by atoms with E-state index in [4.69, 9.17) is 4.74 Å². The van der Waals surface area contributed by atoms with Crippen molar-refractivity contribution in [2.75, 3.05) is 13.2 Å². The molecule has 2 unspecified atom stereocenters. The fraction of sp³-hybridized carbons (Fsp3) is 0.296. The van der Waals surface area contributed by atoms with Gasteiger partial charge in [0.25, 0.3) is 6.02 Å². The van der Waals surface area contributed by atoms with E-state index in [9.17, 15) is 13.5 Å². The number of hydrogen-bond acceptors (Lipinski definition) is 5. The molecule has 0 aliphatic carbocycles. The zero-order valence-corrected chi connectivity index (χ0v) is 20.2. The molecular formula is C27H30N2O4S. The average molecular weight is 479 g/mol. The van der Waals surface area contributed by atoms with E-state index < -0.39 is 20.9 Å². The van der Waals surface area contributed by atoms with E-state index in [2.05, 4.69) is 9.71 Å². The van der Waals surface area contributed by atoms with E-state index in [0.29, 0.717) is 18.5 Å². The van der Waals surface area contributed by atoms with Crippen molar-refractivity contribution in [1.82, 2.24) is 4.72 Å². The maximum absolute atomic E-state index is 13.4. The van der Waals surface area contributed by atoms with Crippen LogP contribution in [-0.2, 0) is 14.8 Å². The Balaban J connectivity index is 1.59. The lowest BCUT2D eigenvalue weighted by Crippen LogP contribution is -2.53. The Morgan fingerprint density at radius 2 is 1.62 bits per heavy atom. The summed E-state index contributed by atoms with van der Waals surface area (Å²) < 4.78 is 35.4. The fourth-order valence-electron chi connectivity index (χ4n) is 4.47. The minimum Gasteiger partial charge on any atom is -0.457 e. The van der Waals surface area contributed by atoms with Crippen molar-refractivity contribution >= 4 is 16.0 Å². The number of nitrogens with zero attached hydrogens (tertiary/aromatic N) is 1. The van der Waals surface area contributed by atoms with Gasteiger partial charge in [-0.15, -0.1) is 0 Å². The van der Waals surface area contributed by atoms with Gasteiger partial charge in [-0.3, -0.25) is 0 Å². The quantitative estimate of drug-likeness (QED) is 0.518. The average Bonchev–Trinajstić information content (AvgIpc) is 2.81. The number of rotatable bonds is 7. The minimum atomic E-state index is -3.81. The molecule has 2 atom stereocenters. The summed E-state index contributed by atoms with van der Waals surface area (Å²) in [5, 5.41) is 8.56. The molecule has 0 bridgehead atoms. The van der Waals surface area contributed by atoms with Gasteiger partial charge in [-0.2, -0.15) is 0 Å². The molecule has 1 aliphatic heterocycles. The Morgan fingerprint density at radius 1 is 0.971 bits per heavy atom. The summed E-state index contributed by atoms with van der Waals surface area (Å²) in [5.41, 5.74) is 2.60. The summed E-state index contributed by atoms with van der Waals surface area (Å²) in [5.74, 6) is -0.0461. The van der Waals surface area contributed by atoms with Gasteiger partial charge in [0, 0.05) is 12.5 Å². The summed E-state index contributed by atoms with van der Waals surface area (Å²) in [6.07, 6.45) is 0.520. The highest BCUT2D eigenvalue weighted by molar-refractivity contribution is 7.90. The zero-order chi connectivity index (χ0) is 24.2. The fourth-order valence-corrected chi connectivity index (χ4v) is 6.24. The normalized spacial score (nSPS) is 20.8. The Labute approximate surface area is 201 Å². The Hall–Kier alpha value is -3.16. The van der Waals surface area contributed by atoms with Crippen LogP contribution in [0.4, 0.5) is 0 Å². The SMILES string of the molecule is CC1(C)OC(=NCC(CCO)c2ccccc2)NS(=O)(=O)C1c1cccc(-c2ccccc2)c1. The molecule has 0 radical (unpaired) electrons. The maximum Gasteiger partial charge on any atom is 0.299 e. The molecule has 6 nitrogen and oxygen atoms in total. The van der Waals surface area contributed by atoms with E-state index in [1.54, 1.807) is 13.8 Å². The molecule has 4 rings (SSSR count). The van der Waals surface area contributed by atoms with Crippen molar-refractivity contribution in [1.29, 1.82) is 0 Å². The second-order valence-corrected chi connectivity index (χ2v) is 10.8. The van der Waals surface area contributed by atoms with E-state index in [0.717, 1.165) is 16.7 Å². The molecule has 2 N–H and O–H groups in total. The molecule has 1 saturated heterocycles. The number of amidine groups is 1. The van der Waals surface area contributed by atoms with E-state index in [1.165, 1.54) is 0 Å². The van der Waals surface area contributed by atoms with Gasteiger partial charge in [-0.25, -0.2) is 18.1 Å². The van der Waals surface area contributed by atoms with E-state index in [-0.39, 0.29) is 18.5 Å². The highest BCUT2D eigenvalue weighted by atomic mass is 32.2. The van der Waals surface area contributed by atoms with Crippen LogP contribution in [-0.4, -0.2) is 38.3 Å². The van der Waals surface area contributed by atoms with Crippen molar-refractivity contribution in [3.8, 4) is 11.1 Å². The van der Waals surface area contributed by atoms with E-state index >= 15 is 0 Å². The zero-order valence-electron chi connectivity index (χ0n) is 19.4.